The molecular formula is C10H7FIN. The van der Waals surface area contributed by atoms with E-state index in [0.29, 0.717) is 11.1 Å². The Labute approximate surface area is 88.9 Å². The summed E-state index contributed by atoms with van der Waals surface area (Å²) < 4.78 is 14.1. The molecule has 2 aromatic rings. The molecule has 0 radical (unpaired) electrons. The van der Waals surface area contributed by atoms with Crippen molar-refractivity contribution in [3.05, 3.63) is 39.7 Å². The van der Waals surface area contributed by atoms with Gasteiger partial charge in [-0.1, -0.05) is 24.3 Å². The maximum atomic E-state index is 13.4. The molecule has 0 bridgehead atoms. The van der Waals surface area contributed by atoms with Gasteiger partial charge < -0.3 is 5.73 Å². The van der Waals surface area contributed by atoms with E-state index in [1.807, 2.05) is 34.7 Å². The standard InChI is InChI=1S/C10H7FIN/c11-8-5-9(12)10(13)7-4-2-1-3-6(7)8/h1-5H,13H2. The molecule has 0 heterocycles. The van der Waals surface area contributed by atoms with Crippen LogP contribution in [0, 0.1) is 9.39 Å². The van der Waals surface area contributed by atoms with Crippen LogP contribution in [0.5, 0.6) is 0 Å². The van der Waals surface area contributed by atoms with Crippen molar-refractivity contribution in [3.63, 3.8) is 0 Å². The van der Waals surface area contributed by atoms with Crippen molar-refractivity contribution in [2.24, 2.45) is 0 Å². The summed E-state index contributed by atoms with van der Waals surface area (Å²) in [5.74, 6) is -0.214. The summed E-state index contributed by atoms with van der Waals surface area (Å²) in [6.07, 6.45) is 0. The molecule has 0 atom stereocenters. The van der Waals surface area contributed by atoms with Gasteiger partial charge in [-0.25, -0.2) is 4.39 Å². The van der Waals surface area contributed by atoms with Crippen molar-refractivity contribution in [2.45, 2.75) is 0 Å². The first kappa shape index (κ1) is 8.74. The fourth-order valence-corrected chi connectivity index (χ4v) is 1.89. The molecule has 0 amide bonds. The van der Waals surface area contributed by atoms with Gasteiger partial charge in [0.05, 0.1) is 5.69 Å². The molecule has 0 unspecified atom stereocenters. The van der Waals surface area contributed by atoms with E-state index in [0.717, 1.165) is 8.96 Å². The molecule has 2 N–H and O–H groups in total. The topological polar surface area (TPSA) is 26.0 Å². The van der Waals surface area contributed by atoms with E-state index >= 15 is 0 Å². The molecule has 0 saturated heterocycles. The highest BCUT2D eigenvalue weighted by atomic mass is 127. The van der Waals surface area contributed by atoms with Gasteiger partial charge in [-0.2, -0.15) is 0 Å². The molecule has 13 heavy (non-hydrogen) atoms. The van der Waals surface area contributed by atoms with Gasteiger partial charge in [0.1, 0.15) is 5.82 Å². The first-order chi connectivity index (χ1) is 6.20. The van der Waals surface area contributed by atoms with Gasteiger partial charge >= 0.3 is 0 Å². The van der Waals surface area contributed by atoms with Gasteiger partial charge in [0.25, 0.3) is 0 Å². The third-order valence-corrected chi connectivity index (χ3v) is 2.88. The molecule has 66 valence electrons. The lowest BCUT2D eigenvalue weighted by molar-refractivity contribution is 0.639. The lowest BCUT2D eigenvalue weighted by Gasteiger charge is -2.04. The molecule has 0 spiro atoms. The fraction of sp³-hybridized carbons (Fsp3) is 0. The summed E-state index contributed by atoms with van der Waals surface area (Å²) in [5.41, 5.74) is 6.46. The fourth-order valence-electron chi connectivity index (χ4n) is 1.32. The number of nitrogens with two attached hydrogens (primary N) is 1. The molecule has 3 heteroatoms. The van der Waals surface area contributed by atoms with Crippen molar-refractivity contribution >= 4 is 39.1 Å². The molecule has 0 saturated carbocycles. The molecule has 1 nitrogen and oxygen atoms in total. The SMILES string of the molecule is Nc1c(I)cc(F)c2ccccc12. The van der Waals surface area contributed by atoms with E-state index in [2.05, 4.69) is 0 Å². The minimum Gasteiger partial charge on any atom is -0.397 e. The number of rotatable bonds is 0. The van der Waals surface area contributed by atoms with E-state index in [4.69, 9.17) is 5.73 Å². The largest absolute Gasteiger partial charge is 0.397 e. The summed E-state index contributed by atoms with van der Waals surface area (Å²) in [5, 5.41) is 1.37. The van der Waals surface area contributed by atoms with E-state index in [1.165, 1.54) is 6.07 Å². The minimum absolute atomic E-state index is 0.214. The first-order valence-electron chi connectivity index (χ1n) is 3.82. The van der Waals surface area contributed by atoms with Crippen molar-refractivity contribution in [2.75, 3.05) is 5.73 Å². The molecule has 0 fully saturated rings. The van der Waals surface area contributed by atoms with Crippen LogP contribution in [0.1, 0.15) is 0 Å². The van der Waals surface area contributed by atoms with Gasteiger partial charge in [-0.15, -0.1) is 0 Å². The molecule has 0 aliphatic heterocycles. The Hall–Kier alpha value is -0.840. The number of hydrogen-bond donors (Lipinski definition) is 1. The predicted molar refractivity (Wildman–Crippen MR) is 61.0 cm³/mol. The molecule has 0 aromatic heterocycles. The van der Waals surface area contributed by atoms with Gasteiger partial charge in [-0.3, -0.25) is 0 Å². The van der Waals surface area contributed by atoms with Crippen LogP contribution in [0.15, 0.2) is 30.3 Å². The summed E-state index contributed by atoms with van der Waals surface area (Å²) in [4.78, 5) is 0. The molecule has 2 rings (SSSR count). The van der Waals surface area contributed by atoms with Crippen LogP contribution in [-0.4, -0.2) is 0 Å². The number of anilines is 1. The minimum atomic E-state index is -0.214. The summed E-state index contributed by atoms with van der Waals surface area (Å²) in [6, 6.07) is 8.68. The van der Waals surface area contributed by atoms with E-state index in [-0.39, 0.29) is 5.82 Å². The van der Waals surface area contributed by atoms with E-state index in [1.54, 1.807) is 12.1 Å². The highest BCUT2D eigenvalue weighted by molar-refractivity contribution is 14.1. The van der Waals surface area contributed by atoms with Crippen molar-refractivity contribution in [1.29, 1.82) is 0 Å². The zero-order chi connectivity index (χ0) is 9.42. The zero-order valence-corrected chi connectivity index (χ0v) is 8.88. The average Bonchev–Trinajstić information content (AvgIpc) is 2.15. The maximum Gasteiger partial charge on any atom is 0.132 e. The highest BCUT2D eigenvalue weighted by Crippen LogP contribution is 2.28. The van der Waals surface area contributed by atoms with Crippen molar-refractivity contribution in [1.82, 2.24) is 0 Å². The normalized spacial score (nSPS) is 10.6. The van der Waals surface area contributed by atoms with Crippen LogP contribution in [0.25, 0.3) is 10.8 Å². The Kier molecular flexibility index (Phi) is 2.11. The number of halogens is 2. The molecule has 0 aliphatic carbocycles. The quantitative estimate of drug-likeness (QED) is 0.584. The predicted octanol–water partition coefficient (Wildman–Crippen LogP) is 3.17. The Morgan fingerprint density at radius 2 is 1.77 bits per heavy atom. The van der Waals surface area contributed by atoms with Gasteiger partial charge in [0.2, 0.25) is 0 Å². The third kappa shape index (κ3) is 1.37. The van der Waals surface area contributed by atoms with Crippen LogP contribution in [0.2, 0.25) is 0 Å². The Morgan fingerprint density at radius 1 is 1.15 bits per heavy atom. The van der Waals surface area contributed by atoms with Crippen LogP contribution < -0.4 is 5.73 Å². The van der Waals surface area contributed by atoms with Crippen LogP contribution >= 0.6 is 22.6 Å². The summed E-state index contributed by atoms with van der Waals surface area (Å²) in [7, 11) is 0. The smallest absolute Gasteiger partial charge is 0.132 e. The van der Waals surface area contributed by atoms with Crippen LogP contribution in [-0.2, 0) is 0 Å². The highest BCUT2D eigenvalue weighted by Gasteiger charge is 2.06. The van der Waals surface area contributed by atoms with Crippen molar-refractivity contribution in [3.8, 4) is 0 Å². The second-order valence-corrected chi connectivity index (χ2v) is 3.96. The lowest BCUT2D eigenvalue weighted by atomic mass is 10.1. The number of hydrogen-bond acceptors (Lipinski definition) is 1. The van der Waals surface area contributed by atoms with Crippen LogP contribution in [0.3, 0.4) is 0 Å². The molecular weight excluding hydrogens is 280 g/mol. The van der Waals surface area contributed by atoms with Crippen molar-refractivity contribution < 1.29 is 4.39 Å². The lowest BCUT2D eigenvalue weighted by Crippen LogP contribution is -1.93. The number of nitrogen functional groups attached to an aromatic ring is 1. The number of benzene rings is 2. The Bertz CT molecular complexity index is 468. The molecule has 2 aromatic carbocycles. The van der Waals surface area contributed by atoms with Gasteiger partial charge in [-0.05, 0) is 28.7 Å². The average molecular weight is 287 g/mol. The summed E-state index contributed by atoms with van der Waals surface area (Å²) in [6.45, 7) is 0. The Balaban J connectivity index is 2.97. The van der Waals surface area contributed by atoms with Gasteiger partial charge in [0.15, 0.2) is 0 Å². The summed E-state index contributed by atoms with van der Waals surface area (Å²) >= 11 is 2.03. The van der Waals surface area contributed by atoms with E-state index in [9.17, 15) is 4.39 Å². The zero-order valence-electron chi connectivity index (χ0n) is 6.72. The second-order valence-electron chi connectivity index (χ2n) is 2.80. The monoisotopic (exact) mass is 287 g/mol. The van der Waals surface area contributed by atoms with Crippen LogP contribution in [0.4, 0.5) is 10.1 Å². The third-order valence-electron chi connectivity index (χ3n) is 1.99. The Morgan fingerprint density at radius 3 is 2.46 bits per heavy atom. The second kappa shape index (κ2) is 3.14. The number of fused-ring (bicyclic) bond motifs is 1. The molecule has 0 aliphatic rings. The first-order valence-corrected chi connectivity index (χ1v) is 4.90. The maximum absolute atomic E-state index is 13.4. The van der Waals surface area contributed by atoms with E-state index < -0.39 is 0 Å². The van der Waals surface area contributed by atoms with Gasteiger partial charge in [0, 0.05) is 14.3 Å².